The average Bonchev–Trinajstić information content (AvgIpc) is 2.38. The van der Waals surface area contributed by atoms with Gasteiger partial charge in [-0.2, -0.15) is 0 Å². The number of benzene rings is 1. The van der Waals surface area contributed by atoms with Gasteiger partial charge in [0.15, 0.2) is 5.96 Å². The first kappa shape index (κ1) is 12.4. The largest absolute Gasteiger partial charge is 0.377 e. The molecule has 1 saturated heterocycles. The maximum absolute atomic E-state index is 13.7. The molecule has 2 aliphatic heterocycles. The number of hydrogen-bond donors (Lipinski definition) is 1. The average molecular weight is 284 g/mol. The highest BCUT2D eigenvalue weighted by molar-refractivity contribution is 6.67. The van der Waals surface area contributed by atoms with Gasteiger partial charge in [-0.1, -0.05) is 0 Å². The van der Waals surface area contributed by atoms with Crippen molar-refractivity contribution in [1.29, 1.82) is 0 Å². The summed E-state index contributed by atoms with van der Waals surface area (Å²) in [5, 5.41) is -0.828. The van der Waals surface area contributed by atoms with E-state index in [1.165, 1.54) is 12.1 Å². The number of carbonyl (C=O) groups excluding carboxylic acids is 1. The zero-order chi connectivity index (χ0) is 13.6. The fourth-order valence-electron chi connectivity index (χ4n) is 2.42. The zero-order valence-corrected chi connectivity index (χ0v) is 10.7. The van der Waals surface area contributed by atoms with Gasteiger partial charge in [-0.15, -0.1) is 0 Å². The van der Waals surface area contributed by atoms with E-state index in [0.717, 1.165) is 0 Å². The standard InChI is InChI=1S/C12H11ClFN3O2/c13-11(18)6-3-7-9(4-8(6)14)16-12(15)17-1-2-19-5-10(7)17/h3-4,10H,1-2,5H2,(H2,15,16)/t10-/m0/s1. The lowest BCUT2D eigenvalue weighted by Gasteiger charge is -2.39. The Labute approximate surface area is 113 Å². The molecule has 0 spiro atoms. The molecule has 0 unspecified atom stereocenters. The first-order chi connectivity index (χ1) is 9.08. The van der Waals surface area contributed by atoms with Crippen LogP contribution in [0.5, 0.6) is 0 Å². The van der Waals surface area contributed by atoms with Crippen LogP contribution in [-0.2, 0) is 4.74 Å². The number of halogens is 2. The Morgan fingerprint density at radius 2 is 2.37 bits per heavy atom. The van der Waals surface area contributed by atoms with Gasteiger partial charge in [0.25, 0.3) is 5.24 Å². The van der Waals surface area contributed by atoms with Gasteiger partial charge in [0.05, 0.1) is 30.5 Å². The van der Waals surface area contributed by atoms with Crippen LogP contribution in [-0.4, -0.2) is 35.9 Å². The predicted octanol–water partition coefficient (Wildman–Crippen LogP) is 1.54. The summed E-state index contributed by atoms with van der Waals surface area (Å²) in [6.45, 7) is 1.59. The molecular formula is C12H11ClFN3O2. The van der Waals surface area contributed by atoms with Crippen LogP contribution in [0.2, 0.25) is 0 Å². The molecule has 0 saturated carbocycles. The van der Waals surface area contributed by atoms with Gasteiger partial charge < -0.3 is 15.4 Å². The third-order valence-corrected chi connectivity index (χ3v) is 3.55. The minimum atomic E-state index is -0.828. The second kappa shape index (κ2) is 4.47. The van der Waals surface area contributed by atoms with Gasteiger partial charge in [0.2, 0.25) is 0 Å². The van der Waals surface area contributed by atoms with E-state index in [1.54, 1.807) is 0 Å². The van der Waals surface area contributed by atoms with E-state index < -0.39 is 11.1 Å². The molecule has 7 heteroatoms. The SMILES string of the molecule is NC1=Nc2cc(F)c(C(=O)Cl)cc2[C@@H]2COCCN12. The number of hydrogen-bond acceptors (Lipinski definition) is 5. The molecule has 100 valence electrons. The van der Waals surface area contributed by atoms with E-state index in [1.807, 2.05) is 4.90 Å². The van der Waals surface area contributed by atoms with Crippen molar-refractivity contribution in [3.63, 3.8) is 0 Å². The smallest absolute Gasteiger partial charge is 0.255 e. The van der Waals surface area contributed by atoms with Crippen LogP contribution in [0.25, 0.3) is 0 Å². The third-order valence-electron chi connectivity index (χ3n) is 3.34. The first-order valence-electron chi connectivity index (χ1n) is 5.79. The van der Waals surface area contributed by atoms with Gasteiger partial charge in [0.1, 0.15) is 5.82 Å². The van der Waals surface area contributed by atoms with E-state index in [2.05, 4.69) is 4.99 Å². The van der Waals surface area contributed by atoms with Crippen LogP contribution in [0.1, 0.15) is 22.0 Å². The predicted molar refractivity (Wildman–Crippen MR) is 68.1 cm³/mol. The van der Waals surface area contributed by atoms with Gasteiger partial charge in [-0.25, -0.2) is 9.38 Å². The molecule has 0 aliphatic carbocycles. The Morgan fingerprint density at radius 3 is 3.11 bits per heavy atom. The summed E-state index contributed by atoms with van der Waals surface area (Å²) in [4.78, 5) is 17.2. The number of carbonyl (C=O) groups is 1. The van der Waals surface area contributed by atoms with Crippen molar-refractivity contribution in [3.05, 3.63) is 29.1 Å². The lowest BCUT2D eigenvalue weighted by atomic mass is 9.98. The number of aliphatic imine (C=N–C) groups is 1. The monoisotopic (exact) mass is 283 g/mol. The number of nitrogens with zero attached hydrogens (tertiary/aromatic N) is 2. The Kier molecular flexibility index (Phi) is 2.91. The summed E-state index contributed by atoms with van der Waals surface area (Å²) >= 11 is 5.37. The molecule has 19 heavy (non-hydrogen) atoms. The van der Waals surface area contributed by atoms with Crippen LogP contribution >= 0.6 is 11.6 Å². The molecule has 2 heterocycles. The van der Waals surface area contributed by atoms with Crippen molar-refractivity contribution in [1.82, 2.24) is 4.90 Å². The van der Waals surface area contributed by atoms with Crippen LogP contribution < -0.4 is 5.73 Å². The van der Waals surface area contributed by atoms with E-state index in [4.69, 9.17) is 22.1 Å². The van der Waals surface area contributed by atoms with Gasteiger partial charge in [0, 0.05) is 18.2 Å². The van der Waals surface area contributed by atoms with Crippen molar-refractivity contribution in [3.8, 4) is 0 Å². The van der Waals surface area contributed by atoms with Crippen LogP contribution in [0.15, 0.2) is 17.1 Å². The summed E-state index contributed by atoms with van der Waals surface area (Å²) in [7, 11) is 0. The highest BCUT2D eigenvalue weighted by Crippen LogP contribution is 2.37. The lowest BCUT2D eigenvalue weighted by Crippen LogP contribution is -2.48. The Balaban J connectivity index is 2.15. The van der Waals surface area contributed by atoms with E-state index in [-0.39, 0.29) is 11.6 Å². The van der Waals surface area contributed by atoms with Crippen LogP contribution in [0.3, 0.4) is 0 Å². The second-order valence-electron chi connectivity index (χ2n) is 4.42. The van der Waals surface area contributed by atoms with Gasteiger partial charge >= 0.3 is 0 Å². The molecule has 0 amide bonds. The molecule has 0 bridgehead atoms. The molecule has 1 fully saturated rings. The Hall–Kier alpha value is -1.66. The molecular weight excluding hydrogens is 273 g/mol. The molecule has 2 N–H and O–H groups in total. The Bertz CT molecular complexity index is 591. The molecule has 0 aromatic heterocycles. The quantitative estimate of drug-likeness (QED) is 0.794. The highest BCUT2D eigenvalue weighted by Gasteiger charge is 2.32. The topological polar surface area (TPSA) is 67.9 Å². The normalized spacial score (nSPS) is 21.5. The minimum Gasteiger partial charge on any atom is -0.377 e. The van der Waals surface area contributed by atoms with E-state index >= 15 is 0 Å². The van der Waals surface area contributed by atoms with Crippen molar-refractivity contribution >= 4 is 28.5 Å². The molecule has 5 nitrogen and oxygen atoms in total. The number of fused-ring (bicyclic) bond motifs is 3. The summed E-state index contributed by atoms with van der Waals surface area (Å²) in [6.07, 6.45) is 0. The van der Waals surface area contributed by atoms with Crippen LogP contribution in [0.4, 0.5) is 10.1 Å². The third kappa shape index (κ3) is 1.97. The number of ether oxygens (including phenoxy) is 1. The maximum Gasteiger partial charge on any atom is 0.255 e. The van der Waals surface area contributed by atoms with E-state index in [0.29, 0.717) is 37.0 Å². The summed E-state index contributed by atoms with van der Waals surface area (Å²) in [6, 6.07) is 2.46. The number of morpholine rings is 1. The lowest BCUT2D eigenvalue weighted by molar-refractivity contribution is 0.0241. The fraction of sp³-hybridized carbons (Fsp3) is 0.333. The molecule has 1 atom stereocenters. The number of nitrogens with two attached hydrogens (primary N) is 1. The second-order valence-corrected chi connectivity index (χ2v) is 4.76. The molecule has 0 radical (unpaired) electrons. The van der Waals surface area contributed by atoms with Crippen LogP contribution in [0, 0.1) is 5.82 Å². The first-order valence-corrected chi connectivity index (χ1v) is 6.17. The van der Waals surface area contributed by atoms with Gasteiger partial charge in [-0.3, -0.25) is 4.79 Å². The van der Waals surface area contributed by atoms with Crippen molar-refractivity contribution in [2.24, 2.45) is 10.7 Å². The molecule has 1 aromatic rings. The minimum absolute atomic E-state index is 0.151. The molecule has 1 aromatic carbocycles. The van der Waals surface area contributed by atoms with E-state index in [9.17, 15) is 9.18 Å². The summed E-state index contributed by atoms with van der Waals surface area (Å²) in [5.41, 5.74) is 6.83. The van der Waals surface area contributed by atoms with Gasteiger partial charge in [-0.05, 0) is 17.7 Å². The van der Waals surface area contributed by atoms with Crippen molar-refractivity contribution in [2.75, 3.05) is 19.8 Å². The summed E-state index contributed by atoms with van der Waals surface area (Å²) in [5.74, 6) is -0.356. The Morgan fingerprint density at radius 1 is 1.58 bits per heavy atom. The van der Waals surface area contributed by atoms with Crippen molar-refractivity contribution in [2.45, 2.75) is 6.04 Å². The number of rotatable bonds is 1. The van der Waals surface area contributed by atoms with Crippen molar-refractivity contribution < 1.29 is 13.9 Å². The maximum atomic E-state index is 13.7. The fourth-order valence-corrected chi connectivity index (χ4v) is 2.56. The summed E-state index contributed by atoms with van der Waals surface area (Å²) < 4.78 is 19.1. The zero-order valence-electron chi connectivity index (χ0n) is 9.90. The highest BCUT2D eigenvalue weighted by atomic mass is 35.5. The number of guanidine groups is 1. The molecule has 2 aliphatic rings. The molecule has 3 rings (SSSR count).